The van der Waals surface area contributed by atoms with Gasteiger partial charge in [-0.3, -0.25) is 4.79 Å². The number of pyridine rings is 1. The fourth-order valence-electron chi connectivity index (χ4n) is 4.68. The van der Waals surface area contributed by atoms with Crippen LogP contribution in [0.3, 0.4) is 0 Å². The lowest BCUT2D eigenvalue weighted by Crippen LogP contribution is -2.41. The third kappa shape index (κ3) is 4.63. The van der Waals surface area contributed by atoms with Crippen LogP contribution in [-0.2, 0) is 14.8 Å². The quantitative estimate of drug-likeness (QED) is 0.594. The van der Waals surface area contributed by atoms with E-state index in [9.17, 15) is 17.6 Å². The number of fused-ring (bicyclic) bond motifs is 1. The van der Waals surface area contributed by atoms with Gasteiger partial charge in [0.1, 0.15) is 11.6 Å². The van der Waals surface area contributed by atoms with Gasteiger partial charge in [0.15, 0.2) is 0 Å². The van der Waals surface area contributed by atoms with Crippen LogP contribution in [0.25, 0.3) is 10.9 Å². The molecule has 0 unspecified atom stereocenters. The zero-order valence-electron chi connectivity index (χ0n) is 18.8. The second kappa shape index (κ2) is 9.31. The molecule has 2 aliphatic heterocycles. The van der Waals surface area contributed by atoms with Crippen molar-refractivity contribution in [3.8, 4) is 0 Å². The Labute approximate surface area is 198 Å². The lowest BCUT2D eigenvalue weighted by Gasteiger charge is -2.33. The van der Waals surface area contributed by atoms with Gasteiger partial charge in [-0.25, -0.2) is 17.8 Å². The Morgan fingerprint density at radius 1 is 0.971 bits per heavy atom. The average molecular weight is 483 g/mol. The van der Waals surface area contributed by atoms with E-state index in [0.29, 0.717) is 30.2 Å². The Kier molecular flexibility index (Phi) is 6.22. The molecule has 1 aromatic heterocycles. The molecule has 34 heavy (non-hydrogen) atoms. The van der Waals surface area contributed by atoms with Crippen LogP contribution in [0.1, 0.15) is 25.7 Å². The van der Waals surface area contributed by atoms with Gasteiger partial charge in [0.25, 0.3) is 0 Å². The molecule has 2 fully saturated rings. The van der Waals surface area contributed by atoms with Gasteiger partial charge < -0.3 is 10.2 Å². The predicted molar refractivity (Wildman–Crippen MR) is 130 cm³/mol. The number of sulfonamides is 1. The van der Waals surface area contributed by atoms with E-state index < -0.39 is 10.0 Å². The Morgan fingerprint density at radius 2 is 1.74 bits per heavy atom. The van der Waals surface area contributed by atoms with Crippen molar-refractivity contribution in [2.75, 3.05) is 36.4 Å². The number of nitrogens with zero attached hydrogens (tertiary/aromatic N) is 3. The van der Waals surface area contributed by atoms with E-state index in [1.165, 1.54) is 12.1 Å². The second-order valence-corrected chi connectivity index (χ2v) is 10.9. The van der Waals surface area contributed by atoms with Crippen molar-refractivity contribution in [2.24, 2.45) is 5.92 Å². The maximum atomic E-state index is 13.1. The lowest BCUT2D eigenvalue weighted by molar-refractivity contribution is -0.120. The van der Waals surface area contributed by atoms with Gasteiger partial charge in [-0.05, 0) is 80.3 Å². The first-order valence-corrected chi connectivity index (χ1v) is 13.1. The molecule has 178 valence electrons. The van der Waals surface area contributed by atoms with Gasteiger partial charge in [-0.2, -0.15) is 4.31 Å². The molecule has 7 nitrogen and oxygen atoms in total. The summed E-state index contributed by atoms with van der Waals surface area (Å²) in [6.45, 7) is 2.47. The summed E-state index contributed by atoms with van der Waals surface area (Å²) in [6, 6.07) is 14.6. The standard InChI is InChI=1S/C25H27FN4O3S/c26-20-6-8-21(9-7-20)27-25(31)19-4-3-13-29(17-19)24-12-5-18-16-22(10-11-23(18)28-24)34(32,33)30-14-1-2-15-30/h5-12,16,19H,1-4,13-15,17H2,(H,27,31)/t19-/m0/s1. The highest BCUT2D eigenvalue weighted by molar-refractivity contribution is 7.89. The molecule has 3 heterocycles. The number of halogens is 1. The van der Waals surface area contributed by atoms with Gasteiger partial charge >= 0.3 is 0 Å². The molecule has 0 radical (unpaired) electrons. The highest BCUT2D eigenvalue weighted by Gasteiger charge is 2.28. The molecule has 1 amide bonds. The van der Waals surface area contributed by atoms with Crippen LogP contribution in [0, 0.1) is 11.7 Å². The SMILES string of the molecule is O=C(Nc1ccc(F)cc1)[C@H]1CCCN(c2ccc3cc(S(=O)(=O)N4CCCC4)ccc3n2)C1. The van der Waals surface area contributed by atoms with Crippen LogP contribution in [-0.4, -0.2) is 49.8 Å². The highest BCUT2D eigenvalue weighted by atomic mass is 32.2. The smallest absolute Gasteiger partial charge is 0.243 e. The number of hydrogen-bond donors (Lipinski definition) is 1. The number of anilines is 2. The van der Waals surface area contributed by atoms with E-state index in [0.717, 1.165) is 48.9 Å². The first-order valence-electron chi connectivity index (χ1n) is 11.6. The molecular weight excluding hydrogens is 455 g/mol. The van der Waals surface area contributed by atoms with E-state index in [1.54, 1.807) is 34.6 Å². The number of benzene rings is 2. The Bertz CT molecular complexity index is 1310. The van der Waals surface area contributed by atoms with E-state index in [2.05, 4.69) is 10.2 Å². The fraction of sp³-hybridized carbons (Fsp3) is 0.360. The maximum absolute atomic E-state index is 13.1. The largest absolute Gasteiger partial charge is 0.356 e. The molecule has 3 aromatic rings. The van der Waals surface area contributed by atoms with Crippen LogP contribution >= 0.6 is 0 Å². The van der Waals surface area contributed by atoms with Crippen LogP contribution in [0.2, 0.25) is 0 Å². The molecule has 0 bridgehead atoms. The molecule has 0 saturated carbocycles. The second-order valence-electron chi connectivity index (χ2n) is 8.92. The zero-order chi connectivity index (χ0) is 23.7. The Morgan fingerprint density at radius 3 is 2.50 bits per heavy atom. The number of carbonyl (C=O) groups is 1. The van der Waals surface area contributed by atoms with Gasteiger partial charge in [-0.1, -0.05) is 0 Å². The molecule has 2 saturated heterocycles. The lowest BCUT2D eigenvalue weighted by atomic mass is 9.97. The topological polar surface area (TPSA) is 82.6 Å². The van der Waals surface area contributed by atoms with E-state index in [1.807, 2.05) is 12.1 Å². The number of rotatable bonds is 5. The number of amides is 1. The third-order valence-corrected chi connectivity index (χ3v) is 8.47. The van der Waals surface area contributed by atoms with Gasteiger partial charge in [0.05, 0.1) is 16.3 Å². The van der Waals surface area contributed by atoms with E-state index >= 15 is 0 Å². The molecule has 0 aliphatic carbocycles. The van der Waals surface area contributed by atoms with Crippen LogP contribution in [0.4, 0.5) is 15.9 Å². The summed E-state index contributed by atoms with van der Waals surface area (Å²) in [5.74, 6) is 0.130. The number of carbonyl (C=O) groups excluding carboxylic acids is 1. The minimum atomic E-state index is -3.48. The van der Waals surface area contributed by atoms with Gasteiger partial charge in [0, 0.05) is 37.3 Å². The summed E-state index contributed by atoms with van der Waals surface area (Å²) in [6.07, 6.45) is 3.43. The highest BCUT2D eigenvalue weighted by Crippen LogP contribution is 2.28. The minimum absolute atomic E-state index is 0.0890. The molecule has 0 spiro atoms. The van der Waals surface area contributed by atoms with Crippen molar-refractivity contribution in [2.45, 2.75) is 30.6 Å². The molecule has 1 atom stereocenters. The zero-order valence-corrected chi connectivity index (χ0v) is 19.6. The van der Waals surface area contributed by atoms with Crippen LogP contribution in [0.5, 0.6) is 0 Å². The van der Waals surface area contributed by atoms with Crippen molar-refractivity contribution >= 4 is 38.3 Å². The summed E-state index contributed by atoms with van der Waals surface area (Å²) >= 11 is 0. The van der Waals surface area contributed by atoms with Crippen LogP contribution in [0.15, 0.2) is 59.5 Å². The summed E-state index contributed by atoms with van der Waals surface area (Å²) in [7, 11) is -3.48. The first kappa shape index (κ1) is 22.7. The van der Waals surface area contributed by atoms with Crippen LogP contribution < -0.4 is 10.2 Å². The number of piperidine rings is 1. The summed E-state index contributed by atoms with van der Waals surface area (Å²) < 4.78 is 40.4. The van der Waals surface area contributed by atoms with Crippen molar-refractivity contribution in [1.29, 1.82) is 0 Å². The molecule has 1 N–H and O–H groups in total. The molecule has 2 aliphatic rings. The average Bonchev–Trinajstić information content (AvgIpc) is 3.41. The predicted octanol–water partition coefficient (Wildman–Crippen LogP) is 4.01. The van der Waals surface area contributed by atoms with E-state index in [-0.39, 0.29) is 17.6 Å². The van der Waals surface area contributed by atoms with E-state index in [4.69, 9.17) is 4.98 Å². The first-order chi connectivity index (χ1) is 16.4. The van der Waals surface area contributed by atoms with Crippen molar-refractivity contribution in [1.82, 2.24) is 9.29 Å². The molecule has 2 aromatic carbocycles. The van der Waals surface area contributed by atoms with Gasteiger partial charge in [-0.15, -0.1) is 0 Å². The number of aromatic nitrogens is 1. The molecule has 9 heteroatoms. The summed E-state index contributed by atoms with van der Waals surface area (Å²) in [4.78, 5) is 19.9. The summed E-state index contributed by atoms with van der Waals surface area (Å²) in [5, 5.41) is 3.64. The monoisotopic (exact) mass is 482 g/mol. The third-order valence-electron chi connectivity index (χ3n) is 6.58. The number of hydrogen-bond acceptors (Lipinski definition) is 5. The Balaban J connectivity index is 1.31. The van der Waals surface area contributed by atoms with Gasteiger partial charge in [0.2, 0.25) is 15.9 Å². The Hall–Kier alpha value is -3.04. The maximum Gasteiger partial charge on any atom is 0.243 e. The number of nitrogens with one attached hydrogen (secondary N) is 1. The fourth-order valence-corrected chi connectivity index (χ4v) is 6.24. The summed E-state index contributed by atoms with van der Waals surface area (Å²) in [5.41, 5.74) is 1.29. The normalized spacial score (nSPS) is 19.4. The van der Waals surface area contributed by atoms with Crippen molar-refractivity contribution in [3.05, 3.63) is 60.4 Å². The van der Waals surface area contributed by atoms with Crippen molar-refractivity contribution in [3.63, 3.8) is 0 Å². The van der Waals surface area contributed by atoms with Crippen molar-refractivity contribution < 1.29 is 17.6 Å². The minimum Gasteiger partial charge on any atom is -0.356 e. The molecule has 5 rings (SSSR count). The molecular formula is C25H27FN4O3S.